The van der Waals surface area contributed by atoms with Crippen molar-refractivity contribution in [3.05, 3.63) is 133 Å². The van der Waals surface area contributed by atoms with E-state index in [1.54, 1.807) is 43.3 Å². The van der Waals surface area contributed by atoms with Crippen LogP contribution >= 0.6 is 0 Å². The van der Waals surface area contributed by atoms with Gasteiger partial charge in [0, 0.05) is 17.7 Å². The number of hydrogen-bond donors (Lipinski definition) is 0. The molecule has 5 aromatic rings. The van der Waals surface area contributed by atoms with E-state index in [0.29, 0.717) is 43.5 Å². The third-order valence-corrected chi connectivity index (χ3v) is 9.02. The van der Waals surface area contributed by atoms with E-state index in [1.165, 1.54) is 12.1 Å². The van der Waals surface area contributed by atoms with Crippen LogP contribution in [0.1, 0.15) is 79.0 Å². The Labute approximate surface area is 337 Å². The molecule has 0 aliphatic carbocycles. The van der Waals surface area contributed by atoms with Gasteiger partial charge in [0.1, 0.15) is 17.2 Å². The van der Waals surface area contributed by atoms with E-state index in [-0.39, 0.29) is 28.6 Å². The number of esters is 4. The number of ether oxygens (including phenoxy) is 6. The summed E-state index contributed by atoms with van der Waals surface area (Å²) in [6.45, 7) is 10.4. The highest BCUT2D eigenvalue weighted by atomic mass is 19.1. The fourth-order valence-electron chi connectivity index (χ4n) is 5.85. The SMILES string of the molecule is C=CC(=O)OCCCCCCOc1ccc2cc(C(=O)Oc3ccc(OC(=O)c4ccc5cc(OCCCCCCOC(=O)C(=C)C)ccc5c4)cc3F)ccc2c1. The number of hydrogen-bond acceptors (Lipinski definition) is 10. The Balaban J connectivity index is 1.05. The molecule has 0 saturated heterocycles. The molecule has 0 aromatic heterocycles. The molecule has 0 aliphatic rings. The van der Waals surface area contributed by atoms with E-state index in [2.05, 4.69) is 13.2 Å². The van der Waals surface area contributed by atoms with E-state index in [1.807, 2.05) is 36.4 Å². The second-order valence-corrected chi connectivity index (χ2v) is 13.6. The van der Waals surface area contributed by atoms with Crippen molar-refractivity contribution >= 4 is 45.4 Å². The van der Waals surface area contributed by atoms with E-state index in [4.69, 9.17) is 28.4 Å². The molecule has 0 aliphatic heterocycles. The Hall–Kier alpha value is -6.49. The summed E-state index contributed by atoms with van der Waals surface area (Å²) in [4.78, 5) is 48.4. The summed E-state index contributed by atoms with van der Waals surface area (Å²) in [5, 5.41) is 3.31. The fourth-order valence-corrected chi connectivity index (χ4v) is 5.85. The van der Waals surface area contributed by atoms with Gasteiger partial charge < -0.3 is 28.4 Å². The van der Waals surface area contributed by atoms with Crippen molar-refractivity contribution in [2.24, 2.45) is 0 Å². The van der Waals surface area contributed by atoms with Crippen LogP contribution in [0, 0.1) is 5.82 Å². The average Bonchev–Trinajstić information content (AvgIpc) is 3.22. The predicted molar refractivity (Wildman–Crippen MR) is 219 cm³/mol. The molecule has 0 heterocycles. The molecule has 0 spiro atoms. The number of carbonyl (C=O) groups is 4. The summed E-state index contributed by atoms with van der Waals surface area (Å²) in [6.07, 6.45) is 8.14. The van der Waals surface area contributed by atoms with Crippen LogP contribution < -0.4 is 18.9 Å². The summed E-state index contributed by atoms with van der Waals surface area (Å²) < 4.78 is 47.7. The minimum atomic E-state index is -0.868. The smallest absolute Gasteiger partial charge is 0.343 e. The molecule has 58 heavy (non-hydrogen) atoms. The van der Waals surface area contributed by atoms with Crippen LogP contribution in [-0.2, 0) is 19.1 Å². The first-order valence-electron chi connectivity index (χ1n) is 19.3. The molecule has 0 saturated carbocycles. The van der Waals surface area contributed by atoms with E-state index in [9.17, 15) is 19.2 Å². The minimum Gasteiger partial charge on any atom is -0.494 e. The molecule has 5 rings (SSSR count). The minimum absolute atomic E-state index is 0.0470. The lowest BCUT2D eigenvalue weighted by molar-refractivity contribution is -0.139. The van der Waals surface area contributed by atoms with Crippen molar-refractivity contribution in [1.29, 1.82) is 0 Å². The lowest BCUT2D eigenvalue weighted by atomic mass is 10.1. The fraction of sp³-hybridized carbons (Fsp3) is 0.277. The van der Waals surface area contributed by atoms with Gasteiger partial charge in [-0.25, -0.2) is 23.6 Å². The highest BCUT2D eigenvalue weighted by molar-refractivity contribution is 5.98. The van der Waals surface area contributed by atoms with Crippen molar-refractivity contribution < 1.29 is 52.0 Å². The van der Waals surface area contributed by atoms with E-state index < -0.39 is 23.7 Å². The molecule has 10 nitrogen and oxygen atoms in total. The maximum atomic E-state index is 15.1. The average molecular weight is 791 g/mol. The number of benzene rings is 5. The van der Waals surface area contributed by atoms with Crippen molar-refractivity contribution in [2.45, 2.75) is 58.3 Å². The highest BCUT2D eigenvalue weighted by Gasteiger charge is 2.16. The largest absolute Gasteiger partial charge is 0.494 e. The number of fused-ring (bicyclic) bond motifs is 2. The van der Waals surface area contributed by atoms with Crippen molar-refractivity contribution in [2.75, 3.05) is 26.4 Å². The van der Waals surface area contributed by atoms with Crippen LogP contribution in [0.3, 0.4) is 0 Å². The maximum Gasteiger partial charge on any atom is 0.343 e. The topological polar surface area (TPSA) is 124 Å². The third kappa shape index (κ3) is 13.0. The number of rotatable bonds is 22. The summed E-state index contributed by atoms with van der Waals surface area (Å²) in [5.74, 6) is -2.02. The third-order valence-electron chi connectivity index (χ3n) is 9.02. The normalized spacial score (nSPS) is 10.8. The first-order chi connectivity index (χ1) is 28.1. The molecule has 0 N–H and O–H groups in total. The molecule has 0 radical (unpaired) electrons. The Morgan fingerprint density at radius 1 is 0.552 bits per heavy atom. The second kappa shape index (κ2) is 21.7. The number of halogens is 1. The zero-order valence-corrected chi connectivity index (χ0v) is 32.6. The Morgan fingerprint density at radius 2 is 1.02 bits per heavy atom. The van der Waals surface area contributed by atoms with Gasteiger partial charge in [0.2, 0.25) is 0 Å². The molecule has 0 atom stereocenters. The van der Waals surface area contributed by atoms with Gasteiger partial charge in [0.15, 0.2) is 11.6 Å². The van der Waals surface area contributed by atoms with Crippen LogP contribution in [-0.4, -0.2) is 50.3 Å². The first kappa shape index (κ1) is 42.6. The van der Waals surface area contributed by atoms with Gasteiger partial charge >= 0.3 is 23.9 Å². The number of unbranched alkanes of at least 4 members (excludes halogenated alkanes) is 6. The van der Waals surface area contributed by atoms with Gasteiger partial charge in [-0.1, -0.05) is 37.4 Å². The maximum absolute atomic E-state index is 15.1. The van der Waals surface area contributed by atoms with Crippen LogP contribution in [0.5, 0.6) is 23.0 Å². The molecular weight excluding hydrogens is 744 g/mol. The molecule has 0 fully saturated rings. The molecule has 0 amide bonds. The van der Waals surface area contributed by atoms with Gasteiger partial charge in [-0.2, -0.15) is 0 Å². The molecular formula is C47H47FO10. The summed E-state index contributed by atoms with van der Waals surface area (Å²) in [6, 6.07) is 24.8. The van der Waals surface area contributed by atoms with Crippen LogP contribution in [0.25, 0.3) is 21.5 Å². The van der Waals surface area contributed by atoms with Gasteiger partial charge in [-0.05, 0) is 140 Å². The van der Waals surface area contributed by atoms with Gasteiger partial charge in [0.05, 0.1) is 37.6 Å². The molecule has 0 bridgehead atoms. The van der Waals surface area contributed by atoms with Crippen molar-refractivity contribution in [3.63, 3.8) is 0 Å². The Bertz CT molecular complexity index is 2260. The van der Waals surface area contributed by atoms with Gasteiger partial charge in [-0.15, -0.1) is 0 Å². The zero-order chi connectivity index (χ0) is 41.3. The van der Waals surface area contributed by atoms with Crippen LogP contribution in [0.15, 0.2) is 116 Å². The van der Waals surface area contributed by atoms with E-state index in [0.717, 1.165) is 85.1 Å². The lowest BCUT2D eigenvalue weighted by Crippen LogP contribution is -2.11. The monoisotopic (exact) mass is 790 g/mol. The van der Waals surface area contributed by atoms with Gasteiger partial charge in [0.25, 0.3) is 0 Å². The van der Waals surface area contributed by atoms with Crippen molar-refractivity contribution in [3.8, 4) is 23.0 Å². The quantitative estimate of drug-likeness (QED) is 0.0290. The predicted octanol–water partition coefficient (Wildman–Crippen LogP) is 10.3. The van der Waals surface area contributed by atoms with Crippen LogP contribution in [0.2, 0.25) is 0 Å². The molecule has 11 heteroatoms. The Kier molecular flexibility index (Phi) is 16.0. The van der Waals surface area contributed by atoms with Gasteiger partial charge in [-0.3, -0.25) is 0 Å². The van der Waals surface area contributed by atoms with Crippen LogP contribution in [0.4, 0.5) is 4.39 Å². The Morgan fingerprint density at radius 3 is 1.53 bits per heavy atom. The molecule has 302 valence electrons. The standard InChI is InChI=1S/C47H47FO10/c1-4-44(49)55-25-11-7-5-9-23-53-40-20-18-34-28-38(16-14-36(34)30-40)47(52)58-43-22-21-41(31-42(43)48)57-46(51)37-15-13-35-29-39(19-17-33(35)27-37)54-24-10-6-8-12-26-56-45(50)32(2)3/h4,13-22,27-31H,1-2,5-12,23-26H2,3H3. The summed E-state index contributed by atoms with van der Waals surface area (Å²) >= 11 is 0. The van der Waals surface area contributed by atoms with E-state index >= 15 is 4.39 Å². The summed E-state index contributed by atoms with van der Waals surface area (Å²) in [7, 11) is 0. The highest BCUT2D eigenvalue weighted by Crippen LogP contribution is 2.28. The lowest BCUT2D eigenvalue weighted by Gasteiger charge is -2.10. The number of carbonyl (C=O) groups excluding carboxylic acids is 4. The summed E-state index contributed by atoms with van der Waals surface area (Å²) in [5.41, 5.74) is 0.905. The first-order valence-corrected chi connectivity index (χ1v) is 19.3. The molecule has 5 aromatic carbocycles. The van der Waals surface area contributed by atoms with Crippen molar-refractivity contribution in [1.82, 2.24) is 0 Å². The second-order valence-electron chi connectivity index (χ2n) is 13.6. The molecule has 0 unspecified atom stereocenters. The zero-order valence-electron chi connectivity index (χ0n) is 32.6.